The van der Waals surface area contributed by atoms with Gasteiger partial charge in [0.25, 0.3) is 0 Å². The summed E-state index contributed by atoms with van der Waals surface area (Å²) in [4.78, 5) is 23.2. The maximum atomic E-state index is 11.9. The lowest BCUT2D eigenvalue weighted by Crippen LogP contribution is -2.31. The van der Waals surface area contributed by atoms with Crippen LogP contribution in [0.3, 0.4) is 0 Å². The number of nitrogens with zero attached hydrogens (tertiary/aromatic N) is 1. The summed E-state index contributed by atoms with van der Waals surface area (Å²) in [6.45, 7) is 1.95. The number of amides is 2. The van der Waals surface area contributed by atoms with E-state index < -0.39 is 6.09 Å². The third-order valence-corrected chi connectivity index (χ3v) is 3.96. The van der Waals surface area contributed by atoms with Crippen molar-refractivity contribution in [1.29, 1.82) is 0 Å². The molecule has 1 unspecified atom stereocenters. The molecular weight excluding hydrogens is 342 g/mol. The van der Waals surface area contributed by atoms with Gasteiger partial charge in [-0.25, -0.2) is 10.2 Å². The number of carbonyl (C=O) groups is 2. The topological polar surface area (TPSA) is 79.8 Å². The predicted octanol–water partition coefficient (Wildman–Crippen LogP) is 3.81. The summed E-state index contributed by atoms with van der Waals surface area (Å²) in [5.74, 6) is 0.363. The third kappa shape index (κ3) is 4.36. The van der Waals surface area contributed by atoms with Crippen molar-refractivity contribution in [2.24, 2.45) is 11.0 Å². The number of benzene rings is 2. The molecule has 2 N–H and O–H groups in total. The Bertz CT molecular complexity index is 816. The van der Waals surface area contributed by atoms with Crippen LogP contribution in [-0.2, 0) is 4.79 Å². The third-order valence-electron chi connectivity index (χ3n) is 3.71. The van der Waals surface area contributed by atoms with Gasteiger partial charge >= 0.3 is 6.09 Å². The minimum atomic E-state index is -0.592. The molecule has 6 nitrogen and oxygen atoms in total. The number of carbonyl (C=O) groups excluding carboxylic acids is 2. The minimum absolute atomic E-state index is 0.0439. The van der Waals surface area contributed by atoms with E-state index in [0.717, 1.165) is 11.3 Å². The van der Waals surface area contributed by atoms with E-state index in [-0.39, 0.29) is 11.8 Å². The highest BCUT2D eigenvalue weighted by molar-refractivity contribution is 6.30. The van der Waals surface area contributed by atoms with E-state index in [1.807, 2.05) is 19.1 Å². The minimum Gasteiger partial charge on any atom is -0.410 e. The number of nitrogens with one attached hydrogen (secondary N) is 2. The summed E-state index contributed by atoms with van der Waals surface area (Å²) in [7, 11) is 0. The molecule has 3 rings (SSSR count). The summed E-state index contributed by atoms with van der Waals surface area (Å²) in [5.41, 5.74) is 4.79. The van der Waals surface area contributed by atoms with Crippen LogP contribution in [0.25, 0.3) is 0 Å². The second-order valence-electron chi connectivity index (χ2n) is 5.68. The first-order valence-corrected chi connectivity index (χ1v) is 8.10. The lowest BCUT2D eigenvalue weighted by molar-refractivity contribution is -0.121. The lowest BCUT2D eigenvalue weighted by atomic mass is 9.94. The molecule has 0 aromatic heterocycles. The van der Waals surface area contributed by atoms with Gasteiger partial charge in [-0.3, -0.25) is 10.1 Å². The Labute approximate surface area is 149 Å². The number of ether oxygens (including phenoxy) is 1. The fourth-order valence-electron chi connectivity index (χ4n) is 2.48. The van der Waals surface area contributed by atoms with Crippen molar-refractivity contribution in [3.8, 4) is 5.75 Å². The number of hydrazone groups is 1. The number of halogens is 1. The van der Waals surface area contributed by atoms with Crippen molar-refractivity contribution in [2.45, 2.75) is 13.3 Å². The van der Waals surface area contributed by atoms with Gasteiger partial charge in [-0.05, 0) is 42.0 Å². The van der Waals surface area contributed by atoms with Gasteiger partial charge < -0.3 is 4.74 Å². The van der Waals surface area contributed by atoms with E-state index in [9.17, 15) is 9.59 Å². The van der Waals surface area contributed by atoms with Crippen molar-refractivity contribution >= 4 is 35.0 Å². The van der Waals surface area contributed by atoms with Gasteiger partial charge in [-0.2, -0.15) is 5.10 Å². The van der Waals surface area contributed by atoms with Gasteiger partial charge in [-0.1, -0.05) is 30.7 Å². The maximum absolute atomic E-state index is 11.9. The number of anilines is 1. The van der Waals surface area contributed by atoms with Gasteiger partial charge in [-0.15, -0.1) is 0 Å². The van der Waals surface area contributed by atoms with Crippen LogP contribution >= 0.6 is 11.6 Å². The van der Waals surface area contributed by atoms with E-state index in [0.29, 0.717) is 22.9 Å². The van der Waals surface area contributed by atoms with E-state index >= 15 is 0 Å². The zero-order valence-electron chi connectivity index (χ0n) is 13.5. The van der Waals surface area contributed by atoms with Crippen molar-refractivity contribution in [3.05, 3.63) is 59.1 Å². The first-order chi connectivity index (χ1) is 12.0. The zero-order chi connectivity index (χ0) is 17.8. The molecule has 0 saturated carbocycles. The molecule has 1 aliphatic rings. The van der Waals surface area contributed by atoms with Crippen LogP contribution in [0.1, 0.15) is 18.9 Å². The first kappa shape index (κ1) is 17.0. The summed E-state index contributed by atoms with van der Waals surface area (Å²) in [6.07, 6.45) is -0.183. The number of rotatable bonds is 3. The van der Waals surface area contributed by atoms with Crippen LogP contribution < -0.4 is 15.5 Å². The molecule has 2 amide bonds. The first-order valence-electron chi connectivity index (χ1n) is 7.72. The molecule has 0 saturated heterocycles. The van der Waals surface area contributed by atoms with Crippen LogP contribution in [0.4, 0.5) is 10.5 Å². The van der Waals surface area contributed by atoms with Crippen molar-refractivity contribution in [1.82, 2.24) is 5.43 Å². The summed E-state index contributed by atoms with van der Waals surface area (Å²) in [5, 5.41) is 7.33. The Kier molecular flexibility index (Phi) is 5.00. The van der Waals surface area contributed by atoms with E-state index in [2.05, 4.69) is 15.8 Å². The summed E-state index contributed by atoms with van der Waals surface area (Å²) in [6, 6.07) is 13.7. The van der Waals surface area contributed by atoms with Gasteiger partial charge in [0.05, 0.1) is 5.71 Å². The van der Waals surface area contributed by atoms with Gasteiger partial charge in [0, 0.05) is 23.0 Å². The molecule has 1 atom stereocenters. The Morgan fingerprint density at radius 3 is 2.52 bits per heavy atom. The Hall–Kier alpha value is -2.86. The van der Waals surface area contributed by atoms with Crippen molar-refractivity contribution < 1.29 is 14.3 Å². The molecule has 1 aliphatic heterocycles. The molecule has 2 aromatic rings. The monoisotopic (exact) mass is 357 g/mol. The van der Waals surface area contributed by atoms with Crippen LogP contribution in [0, 0.1) is 5.92 Å². The highest BCUT2D eigenvalue weighted by Gasteiger charge is 2.21. The fraction of sp³-hybridized carbons (Fsp3) is 0.167. The molecule has 2 aromatic carbocycles. The molecular formula is C18H16ClN3O3. The Balaban J connectivity index is 1.63. The standard InChI is InChI=1S/C18H16ClN3O3/c1-11-10-16(23)21-22-17(11)12-2-6-14(7-3-12)20-18(24)25-15-8-4-13(19)5-9-15/h2-9,11H,10H2,1H3,(H,20,24)(H,21,23). The van der Waals surface area contributed by atoms with E-state index in [4.69, 9.17) is 16.3 Å². The zero-order valence-corrected chi connectivity index (χ0v) is 14.2. The molecule has 0 spiro atoms. The van der Waals surface area contributed by atoms with Gasteiger partial charge in [0.1, 0.15) is 5.75 Å². The highest BCUT2D eigenvalue weighted by atomic mass is 35.5. The maximum Gasteiger partial charge on any atom is 0.417 e. The van der Waals surface area contributed by atoms with Crippen molar-refractivity contribution in [3.63, 3.8) is 0 Å². The van der Waals surface area contributed by atoms with Gasteiger partial charge in [0.15, 0.2) is 0 Å². The lowest BCUT2D eigenvalue weighted by Gasteiger charge is -2.19. The van der Waals surface area contributed by atoms with E-state index in [1.165, 1.54) is 0 Å². The molecule has 0 aliphatic carbocycles. The van der Waals surface area contributed by atoms with Crippen LogP contribution in [0.5, 0.6) is 5.75 Å². The highest BCUT2D eigenvalue weighted by Crippen LogP contribution is 2.19. The molecule has 1 heterocycles. The van der Waals surface area contributed by atoms with Crippen LogP contribution in [0.15, 0.2) is 53.6 Å². The Morgan fingerprint density at radius 1 is 1.20 bits per heavy atom. The Morgan fingerprint density at radius 2 is 1.88 bits per heavy atom. The second kappa shape index (κ2) is 7.36. The van der Waals surface area contributed by atoms with Crippen LogP contribution in [0.2, 0.25) is 5.02 Å². The van der Waals surface area contributed by atoms with E-state index in [1.54, 1.807) is 36.4 Å². The normalized spacial score (nSPS) is 16.6. The average molecular weight is 358 g/mol. The average Bonchev–Trinajstić information content (AvgIpc) is 2.58. The predicted molar refractivity (Wildman–Crippen MR) is 96.0 cm³/mol. The number of hydrogen-bond acceptors (Lipinski definition) is 4. The number of hydrogen-bond donors (Lipinski definition) is 2. The largest absolute Gasteiger partial charge is 0.417 e. The van der Waals surface area contributed by atoms with Gasteiger partial charge in [0.2, 0.25) is 5.91 Å². The summed E-state index contributed by atoms with van der Waals surface area (Å²) >= 11 is 5.79. The second-order valence-corrected chi connectivity index (χ2v) is 6.12. The van der Waals surface area contributed by atoms with Crippen molar-refractivity contribution in [2.75, 3.05) is 5.32 Å². The molecule has 0 radical (unpaired) electrons. The van der Waals surface area contributed by atoms with Crippen LogP contribution in [-0.4, -0.2) is 17.7 Å². The molecule has 25 heavy (non-hydrogen) atoms. The molecule has 0 bridgehead atoms. The molecule has 7 heteroatoms. The summed E-state index contributed by atoms with van der Waals surface area (Å²) < 4.78 is 5.17. The quantitative estimate of drug-likeness (QED) is 0.876. The smallest absolute Gasteiger partial charge is 0.410 e. The molecule has 0 fully saturated rings. The fourth-order valence-corrected chi connectivity index (χ4v) is 2.61. The SMILES string of the molecule is CC1CC(=O)NN=C1c1ccc(NC(=O)Oc2ccc(Cl)cc2)cc1. The molecule has 128 valence electrons.